The van der Waals surface area contributed by atoms with Crippen molar-refractivity contribution in [3.05, 3.63) is 65.2 Å². The molecule has 1 fully saturated rings. The molecule has 2 aliphatic heterocycles. The van der Waals surface area contributed by atoms with Gasteiger partial charge in [0.05, 0.1) is 5.69 Å². The van der Waals surface area contributed by atoms with E-state index in [-0.39, 0.29) is 11.9 Å². The molecule has 1 saturated heterocycles. The summed E-state index contributed by atoms with van der Waals surface area (Å²) < 4.78 is 0. The molecule has 0 unspecified atom stereocenters. The van der Waals surface area contributed by atoms with Crippen LogP contribution in [-0.2, 0) is 24.2 Å². The molecule has 1 atom stereocenters. The van der Waals surface area contributed by atoms with Gasteiger partial charge in [0.15, 0.2) is 5.11 Å². The van der Waals surface area contributed by atoms with Gasteiger partial charge in [-0.3, -0.25) is 9.69 Å². The van der Waals surface area contributed by atoms with Crippen molar-refractivity contribution in [2.45, 2.75) is 32.4 Å². The summed E-state index contributed by atoms with van der Waals surface area (Å²) in [5.74, 6) is 0.0914. The Labute approximate surface area is 141 Å². The number of thiocarbonyl (C=S) groups is 1. The lowest BCUT2D eigenvalue weighted by Gasteiger charge is -2.30. The van der Waals surface area contributed by atoms with Crippen molar-refractivity contribution in [2.24, 2.45) is 0 Å². The molecule has 0 aliphatic carbocycles. The van der Waals surface area contributed by atoms with E-state index in [2.05, 4.69) is 36.1 Å². The van der Waals surface area contributed by atoms with Gasteiger partial charge >= 0.3 is 0 Å². The van der Waals surface area contributed by atoms with E-state index in [1.54, 1.807) is 4.90 Å². The summed E-state index contributed by atoms with van der Waals surface area (Å²) in [6.07, 6.45) is 1.72. The van der Waals surface area contributed by atoms with Crippen molar-refractivity contribution >= 4 is 28.9 Å². The number of amides is 1. The molecule has 0 aromatic heterocycles. The van der Waals surface area contributed by atoms with Gasteiger partial charge in [0, 0.05) is 13.0 Å². The second kappa shape index (κ2) is 5.46. The molecular weight excluding hydrogens is 304 g/mol. The maximum atomic E-state index is 12.9. The predicted molar refractivity (Wildman–Crippen MR) is 95.4 cm³/mol. The van der Waals surface area contributed by atoms with E-state index in [1.165, 1.54) is 16.7 Å². The molecule has 116 valence electrons. The molecular formula is C19H18N2OS. The lowest BCUT2D eigenvalue weighted by atomic mass is 9.95. The zero-order chi connectivity index (χ0) is 16.0. The van der Waals surface area contributed by atoms with Gasteiger partial charge < -0.3 is 4.90 Å². The normalized spacial score (nSPS) is 19.8. The number of rotatable bonds is 2. The fourth-order valence-electron chi connectivity index (χ4n) is 3.43. The standard InChI is InChI=1S/C19H18N2OS/c1-2-13-7-9-16(10-8-13)21-18(22)17-11-14-5-3-4-6-15(14)12-20(17)19(21)23/h3-10,17H,2,11-12H2,1H3/t17-/m0/s1. The first kappa shape index (κ1) is 14.4. The molecule has 23 heavy (non-hydrogen) atoms. The van der Waals surface area contributed by atoms with Crippen molar-refractivity contribution in [3.63, 3.8) is 0 Å². The molecule has 2 aromatic carbocycles. The van der Waals surface area contributed by atoms with Crippen LogP contribution in [0.15, 0.2) is 48.5 Å². The largest absolute Gasteiger partial charge is 0.332 e. The number of hydrogen-bond donors (Lipinski definition) is 0. The molecule has 0 bridgehead atoms. The van der Waals surface area contributed by atoms with E-state index in [9.17, 15) is 4.79 Å². The van der Waals surface area contributed by atoms with Crippen molar-refractivity contribution in [2.75, 3.05) is 4.90 Å². The molecule has 2 aliphatic rings. The van der Waals surface area contributed by atoms with Crippen LogP contribution in [0.3, 0.4) is 0 Å². The number of benzene rings is 2. The first-order chi connectivity index (χ1) is 11.2. The highest BCUT2D eigenvalue weighted by Crippen LogP contribution is 2.33. The SMILES string of the molecule is CCc1ccc(N2C(=O)[C@@H]3Cc4ccccc4CN3C2=S)cc1. The molecule has 0 radical (unpaired) electrons. The van der Waals surface area contributed by atoms with Crippen LogP contribution < -0.4 is 4.90 Å². The monoisotopic (exact) mass is 322 g/mol. The van der Waals surface area contributed by atoms with Crippen LogP contribution in [0.2, 0.25) is 0 Å². The van der Waals surface area contributed by atoms with Crippen LogP contribution in [-0.4, -0.2) is 22.0 Å². The summed E-state index contributed by atoms with van der Waals surface area (Å²) in [6, 6.07) is 16.3. The average molecular weight is 322 g/mol. The van der Waals surface area contributed by atoms with Gasteiger partial charge in [-0.25, -0.2) is 0 Å². The first-order valence-electron chi connectivity index (χ1n) is 7.99. The number of hydrogen-bond acceptors (Lipinski definition) is 2. The summed E-state index contributed by atoms with van der Waals surface area (Å²) >= 11 is 5.62. The second-order valence-electron chi connectivity index (χ2n) is 6.09. The van der Waals surface area contributed by atoms with Gasteiger partial charge in [-0.2, -0.15) is 0 Å². The molecule has 1 amide bonds. The third kappa shape index (κ3) is 2.25. The molecule has 0 saturated carbocycles. The Morgan fingerprint density at radius 2 is 1.78 bits per heavy atom. The molecule has 4 heteroatoms. The molecule has 3 nitrogen and oxygen atoms in total. The lowest BCUT2D eigenvalue weighted by molar-refractivity contribution is -0.119. The third-order valence-corrected chi connectivity index (χ3v) is 5.21. The molecule has 0 spiro atoms. The Morgan fingerprint density at radius 1 is 1.09 bits per heavy atom. The van der Waals surface area contributed by atoms with Crippen molar-refractivity contribution in [1.82, 2.24) is 4.90 Å². The molecule has 2 aromatic rings. The number of carbonyl (C=O) groups is 1. The van der Waals surface area contributed by atoms with Crippen molar-refractivity contribution < 1.29 is 4.79 Å². The topological polar surface area (TPSA) is 23.6 Å². The number of nitrogens with zero attached hydrogens (tertiary/aromatic N) is 2. The van der Waals surface area contributed by atoms with Gasteiger partial charge in [0.25, 0.3) is 5.91 Å². The van der Waals surface area contributed by atoms with Crippen LogP contribution in [0.25, 0.3) is 0 Å². The van der Waals surface area contributed by atoms with Crippen LogP contribution in [0.4, 0.5) is 5.69 Å². The van der Waals surface area contributed by atoms with Gasteiger partial charge in [-0.15, -0.1) is 0 Å². The fraction of sp³-hybridized carbons (Fsp3) is 0.263. The van der Waals surface area contributed by atoms with Crippen LogP contribution in [0.1, 0.15) is 23.6 Å². The Hall–Kier alpha value is -2.20. The zero-order valence-electron chi connectivity index (χ0n) is 13.0. The summed E-state index contributed by atoms with van der Waals surface area (Å²) in [6.45, 7) is 2.84. The Balaban J connectivity index is 1.68. The molecule has 0 N–H and O–H groups in total. The van der Waals surface area contributed by atoms with E-state index in [0.717, 1.165) is 25.1 Å². The Bertz CT molecular complexity index is 741. The quantitative estimate of drug-likeness (QED) is 0.793. The lowest BCUT2D eigenvalue weighted by Crippen LogP contribution is -2.39. The summed E-state index contributed by atoms with van der Waals surface area (Å²) in [5.41, 5.74) is 4.65. The zero-order valence-corrected chi connectivity index (χ0v) is 13.8. The van der Waals surface area contributed by atoms with Gasteiger partial charge in [0.1, 0.15) is 6.04 Å². The number of aryl methyl sites for hydroxylation is 1. The van der Waals surface area contributed by atoms with Crippen LogP contribution in [0, 0.1) is 0 Å². The van der Waals surface area contributed by atoms with E-state index >= 15 is 0 Å². The van der Waals surface area contributed by atoms with E-state index in [4.69, 9.17) is 12.2 Å². The number of fused-ring (bicyclic) bond motifs is 2. The minimum absolute atomic E-state index is 0.0914. The average Bonchev–Trinajstić information content (AvgIpc) is 2.84. The Kier molecular flexibility index (Phi) is 3.42. The fourth-order valence-corrected chi connectivity index (χ4v) is 3.82. The summed E-state index contributed by atoms with van der Waals surface area (Å²) in [7, 11) is 0. The maximum absolute atomic E-state index is 12.9. The van der Waals surface area contributed by atoms with Gasteiger partial charge in [-0.05, 0) is 47.5 Å². The smallest absolute Gasteiger partial charge is 0.256 e. The maximum Gasteiger partial charge on any atom is 0.256 e. The van der Waals surface area contributed by atoms with Crippen molar-refractivity contribution in [1.29, 1.82) is 0 Å². The minimum Gasteiger partial charge on any atom is -0.332 e. The van der Waals surface area contributed by atoms with E-state index < -0.39 is 0 Å². The second-order valence-corrected chi connectivity index (χ2v) is 6.46. The highest BCUT2D eigenvalue weighted by Gasteiger charge is 2.45. The van der Waals surface area contributed by atoms with E-state index in [1.807, 2.05) is 24.3 Å². The van der Waals surface area contributed by atoms with E-state index in [0.29, 0.717) is 5.11 Å². The van der Waals surface area contributed by atoms with Crippen LogP contribution >= 0.6 is 12.2 Å². The third-order valence-electron chi connectivity index (χ3n) is 4.79. The molecule has 2 heterocycles. The highest BCUT2D eigenvalue weighted by molar-refractivity contribution is 7.80. The predicted octanol–water partition coefficient (Wildman–Crippen LogP) is 3.31. The van der Waals surface area contributed by atoms with Crippen molar-refractivity contribution in [3.8, 4) is 0 Å². The highest BCUT2D eigenvalue weighted by atomic mass is 32.1. The van der Waals surface area contributed by atoms with Crippen LogP contribution in [0.5, 0.6) is 0 Å². The summed E-state index contributed by atoms with van der Waals surface area (Å²) in [4.78, 5) is 16.7. The Morgan fingerprint density at radius 3 is 2.48 bits per heavy atom. The number of anilines is 1. The first-order valence-corrected chi connectivity index (χ1v) is 8.40. The number of carbonyl (C=O) groups excluding carboxylic acids is 1. The summed E-state index contributed by atoms with van der Waals surface area (Å²) in [5, 5.41) is 0.624. The molecule has 4 rings (SSSR count). The van der Waals surface area contributed by atoms with Gasteiger partial charge in [0.2, 0.25) is 0 Å². The minimum atomic E-state index is -0.164. The van der Waals surface area contributed by atoms with Gasteiger partial charge in [-0.1, -0.05) is 43.3 Å².